The summed E-state index contributed by atoms with van der Waals surface area (Å²) in [6.45, 7) is 2.35. The average molecular weight is 569 g/mol. The molecule has 2 rings (SSSR count). The number of carbonyl (C=O) groups excluding carboxylic acids is 3. The molecule has 0 aromatic rings. The van der Waals surface area contributed by atoms with E-state index in [1.165, 1.54) is 45.3 Å². The van der Waals surface area contributed by atoms with Crippen LogP contribution in [0, 0.1) is 5.92 Å². The molecule has 0 radical (unpaired) electrons. The number of aliphatic hydroxyl groups excluding tert-OH is 3. The third-order valence-electron chi connectivity index (χ3n) is 7.97. The number of allylic oxidation sites excluding steroid dienone is 1. The van der Waals surface area contributed by atoms with Crippen molar-refractivity contribution in [3.8, 4) is 0 Å². The van der Waals surface area contributed by atoms with Gasteiger partial charge in [0.1, 0.15) is 30.5 Å². The van der Waals surface area contributed by atoms with Crippen molar-refractivity contribution >= 4 is 17.8 Å². The standard InChI is InChI=1S/C30H52N2O8/c1-3-4-5-6-7-8-9-10-14-17-24(33)25(34)26(35)27(39-2)29(37)32-23-19-18-22(20-31-28(23)36)40-30(38)21-15-12-11-13-16-21/h14,17,21-27,33-35H,3-13,15-16,18-20H2,1-2H3,(H,31,36)(H,32,37)/b17-14+/t22-,23+,24-,25+,26-,27-/m1/s1. The third kappa shape index (κ3) is 11.8. The summed E-state index contributed by atoms with van der Waals surface area (Å²) in [4.78, 5) is 38.0. The highest BCUT2D eigenvalue weighted by Crippen LogP contribution is 2.25. The van der Waals surface area contributed by atoms with Crippen molar-refractivity contribution in [2.75, 3.05) is 13.7 Å². The van der Waals surface area contributed by atoms with E-state index in [-0.39, 0.29) is 24.9 Å². The van der Waals surface area contributed by atoms with Gasteiger partial charge in [-0.2, -0.15) is 0 Å². The Bertz CT molecular complexity index is 786. The van der Waals surface area contributed by atoms with Crippen molar-refractivity contribution in [2.24, 2.45) is 5.92 Å². The Hall–Kier alpha value is -2.01. The van der Waals surface area contributed by atoms with Gasteiger partial charge >= 0.3 is 5.97 Å². The van der Waals surface area contributed by atoms with Crippen LogP contribution in [0.25, 0.3) is 0 Å². The Kier molecular flexibility index (Phi) is 16.4. The van der Waals surface area contributed by atoms with Crippen molar-refractivity contribution < 1.29 is 39.2 Å². The summed E-state index contributed by atoms with van der Waals surface area (Å²) in [5.41, 5.74) is 0. The van der Waals surface area contributed by atoms with Gasteiger partial charge in [-0.25, -0.2) is 0 Å². The fourth-order valence-corrected chi connectivity index (χ4v) is 5.37. The molecule has 40 heavy (non-hydrogen) atoms. The zero-order valence-corrected chi connectivity index (χ0v) is 24.4. The van der Waals surface area contributed by atoms with Gasteiger partial charge in [0, 0.05) is 7.11 Å². The Balaban J connectivity index is 1.79. The van der Waals surface area contributed by atoms with Crippen LogP contribution >= 0.6 is 0 Å². The maximum absolute atomic E-state index is 12.9. The number of ether oxygens (including phenoxy) is 2. The van der Waals surface area contributed by atoms with Crippen molar-refractivity contribution in [2.45, 2.75) is 140 Å². The van der Waals surface area contributed by atoms with E-state index < -0.39 is 48.4 Å². The molecule has 0 aromatic carbocycles. The highest BCUT2D eigenvalue weighted by molar-refractivity contribution is 5.89. The Morgan fingerprint density at radius 2 is 1.65 bits per heavy atom. The summed E-state index contributed by atoms with van der Waals surface area (Å²) in [7, 11) is 1.21. The first-order valence-corrected chi connectivity index (χ1v) is 15.3. The average Bonchev–Trinajstić information content (AvgIpc) is 3.13. The molecule has 6 atom stereocenters. The lowest BCUT2D eigenvalue weighted by Gasteiger charge is -2.28. The lowest BCUT2D eigenvalue weighted by atomic mass is 9.89. The van der Waals surface area contributed by atoms with Crippen LogP contribution in [0.3, 0.4) is 0 Å². The SMILES string of the molecule is CCCCCCCCC/C=C/[C@@H](O)[C@H](O)[C@@H](O)[C@@H](OC)C(=O)N[C@H]1CC[C@@H](OC(=O)C2CCCCC2)CNC1=O. The molecule has 1 aliphatic carbocycles. The van der Waals surface area contributed by atoms with E-state index in [1.807, 2.05) is 0 Å². The lowest BCUT2D eigenvalue weighted by Crippen LogP contribution is -2.55. The van der Waals surface area contributed by atoms with E-state index in [4.69, 9.17) is 9.47 Å². The highest BCUT2D eigenvalue weighted by Gasteiger charge is 2.37. The number of amides is 2. The van der Waals surface area contributed by atoms with Gasteiger partial charge in [-0.3, -0.25) is 14.4 Å². The Labute approximate surface area is 239 Å². The first-order valence-electron chi connectivity index (χ1n) is 15.3. The monoisotopic (exact) mass is 568 g/mol. The minimum atomic E-state index is -1.72. The second-order valence-corrected chi connectivity index (χ2v) is 11.2. The van der Waals surface area contributed by atoms with Crippen molar-refractivity contribution in [3.63, 3.8) is 0 Å². The quantitative estimate of drug-likeness (QED) is 0.102. The van der Waals surface area contributed by atoms with Crippen LogP contribution in [0.1, 0.15) is 103 Å². The van der Waals surface area contributed by atoms with E-state index in [0.717, 1.165) is 51.4 Å². The van der Waals surface area contributed by atoms with Gasteiger partial charge in [0.25, 0.3) is 5.91 Å². The summed E-state index contributed by atoms with van der Waals surface area (Å²) in [5, 5.41) is 36.6. The van der Waals surface area contributed by atoms with Crippen LogP contribution in [0.5, 0.6) is 0 Å². The molecule has 0 bridgehead atoms. The van der Waals surface area contributed by atoms with Crippen LogP contribution in [0.15, 0.2) is 12.2 Å². The fourth-order valence-electron chi connectivity index (χ4n) is 5.37. The van der Waals surface area contributed by atoms with Crippen LogP contribution in [-0.2, 0) is 23.9 Å². The maximum Gasteiger partial charge on any atom is 0.309 e. The summed E-state index contributed by atoms with van der Waals surface area (Å²) >= 11 is 0. The third-order valence-corrected chi connectivity index (χ3v) is 7.97. The topological polar surface area (TPSA) is 154 Å². The number of nitrogens with one attached hydrogen (secondary N) is 2. The van der Waals surface area contributed by atoms with Gasteiger partial charge in [0.2, 0.25) is 5.91 Å². The van der Waals surface area contributed by atoms with Gasteiger partial charge in [-0.1, -0.05) is 76.9 Å². The van der Waals surface area contributed by atoms with Crippen LogP contribution in [0.4, 0.5) is 0 Å². The molecule has 1 heterocycles. The predicted octanol–water partition coefficient (Wildman–Crippen LogP) is 2.67. The van der Waals surface area contributed by atoms with Crippen molar-refractivity contribution in [1.82, 2.24) is 10.6 Å². The van der Waals surface area contributed by atoms with Gasteiger partial charge < -0.3 is 35.4 Å². The summed E-state index contributed by atoms with van der Waals surface area (Å²) in [5.74, 6) is -1.54. The fraction of sp³-hybridized carbons (Fsp3) is 0.833. The second kappa shape index (κ2) is 19.2. The van der Waals surface area contributed by atoms with E-state index in [2.05, 4.69) is 17.6 Å². The number of carbonyl (C=O) groups is 3. The number of hydrogen-bond donors (Lipinski definition) is 5. The van der Waals surface area contributed by atoms with Crippen LogP contribution in [-0.4, -0.2) is 83.3 Å². The number of hydrogen-bond acceptors (Lipinski definition) is 8. The zero-order chi connectivity index (χ0) is 29.3. The molecule has 5 N–H and O–H groups in total. The van der Waals surface area contributed by atoms with Crippen LogP contribution in [0.2, 0.25) is 0 Å². The van der Waals surface area contributed by atoms with E-state index >= 15 is 0 Å². The number of methoxy groups -OCH3 is 1. The molecule has 2 fully saturated rings. The Morgan fingerprint density at radius 1 is 0.975 bits per heavy atom. The molecule has 1 saturated carbocycles. The number of unbranched alkanes of at least 4 members (excludes halogenated alkanes) is 7. The summed E-state index contributed by atoms with van der Waals surface area (Å²) in [6, 6.07) is -0.917. The number of rotatable bonds is 17. The molecule has 10 nitrogen and oxygen atoms in total. The minimum absolute atomic E-state index is 0.0934. The van der Waals surface area contributed by atoms with E-state index in [9.17, 15) is 29.7 Å². The molecular formula is C30H52N2O8. The zero-order valence-electron chi connectivity index (χ0n) is 24.4. The van der Waals surface area contributed by atoms with Crippen molar-refractivity contribution in [3.05, 3.63) is 12.2 Å². The molecule has 1 saturated heterocycles. The number of esters is 1. The van der Waals surface area contributed by atoms with E-state index in [1.54, 1.807) is 6.08 Å². The second-order valence-electron chi connectivity index (χ2n) is 11.2. The van der Waals surface area contributed by atoms with E-state index in [0.29, 0.717) is 6.42 Å². The molecular weight excluding hydrogens is 516 g/mol. The maximum atomic E-state index is 12.9. The lowest BCUT2D eigenvalue weighted by molar-refractivity contribution is -0.155. The smallest absolute Gasteiger partial charge is 0.309 e. The summed E-state index contributed by atoms with van der Waals surface area (Å²) in [6.07, 6.45) is 10.8. The van der Waals surface area contributed by atoms with Crippen molar-refractivity contribution in [1.29, 1.82) is 0 Å². The largest absolute Gasteiger partial charge is 0.460 e. The molecule has 230 valence electrons. The molecule has 1 aliphatic heterocycles. The van der Waals surface area contributed by atoms with Gasteiger partial charge in [0.15, 0.2) is 6.10 Å². The highest BCUT2D eigenvalue weighted by atomic mass is 16.5. The first-order chi connectivity index (χ1) is 19.3. The molecule has 2 amide bonds. The molecule has 0 aromatic heterocycles. The predicted molar refractivity (Wildman–Crippen MR) is 151 cm³/mol. The molecule has 0 spiro atoms. The Morgan fingerprint density at radius 3 is 2.33 bits per heavy atom. The molecule has 0 unspecified atom stereocenters. The summed E-state index contributed by atoms with van der Waals surface area (Å²) < 4.78 is 10.8. The van der Waals surface area contributed by atoms with Gasteiger partial charge in [-0.15, -0.1) is 0 Å². The van der Waals surface area contributed by atoms with Gasteiger partial charge in [0.05, 0.1) is 12.5 Å². The number of aliphatic hydroxyl groups is 3. The normalized spacial score (nSPS) is 23.6. The van der Waals surface area contributed by atoms with Gasteiger partial charge in [-0.05, 0) is 38.5 Å². The van der Waals surface area contributed by atoms with Crippen LogP contribution < -0.4 is 10.6 Å². The first kappa shape index (κ1) is 34.2. The molecule has 2 aliphatic rings. The minimum Gasteiger partial charge on any atom is -0.460 e. The molecule has 10 heteroatoms.